The van der Waals surface area contributed by atoms with Crippen LogP contribution < -0.4 is 15.5 Å². The van der Waals surface area contributed by atoms with Crippen LogP contribution in [0.1, 0.15) is 18.2 Å². The standard InChI is InChI=1S/C16H19N3O3S/c1-3-12-6-4-5-7-13(12)18-14(20)8-17-15(21)9-19-11(2)10-23-16(19)22/h4-7,10H,3,8-9H2,1-2H3,(H,17,21)(H,18,20). The molecule has 2 amide bonds. The fraction of sp³-hybridized carbons (Fsp3) is 0.312. The molecule has 7 heteroatoms. The third-order valence-corrected chi connectivity index (χ3v) is 4.28. The first kappa shape index (κ1) is 17.0. The lowest BCUT2D eigenvalue weighted by Gasteiger charge is -2.10. The highest BCUT2D eigenvalue weighted by molar-refractivity contribution is 7.07. The van der Waals surface area contributed by atoms with Gasteiger partial charge in [0, 0.05) is 16.8 Å². The van der Waals surface area contributed by atoms with Gasteiger partial charge in [-0.2, -0.15) is 0 Å². The van der Waals surface area contributed by atoms with Gasteiger partial charge in [0.2, 0.25) is 11.8 Å². The molecule has 2 N–H and O–H groups in total. The average Bonchev–Trinajstić information content (AvgIpc) is 2.85. The Morgan fingerprint density at radius 2 is 1.96 bits per heavy atom. The Hall–Kier alpha value is -2.41. The van der Waals surface area contributed by atoms with Crippen molar-refractivity contribution in [2.45, 2.75) is 26.8 Å². The SMILES string of the molecule is CCc1ccccc1NC(=O)CNC(=O)Cn1c(C)csc1=O. The van der Waals surface area contributed by atoms with Crippen molar-refractivity contribution >= 4 is 28.8 Å². The fourth-order valence-electron chi connectivity index (χ4n) is 2.12. The van der Waals surface area contributed by atoms with E-state index in [4.69, 9.17) is 0 Å². The number of hydrogen-bond donors (Lipinski definition) is 2. The quantitative estimate of drug-likeness (QED) is 0.841. The monoisotopic (exact) mass is 333 g/mol. The van der Waals surface area contributed by atoms with Crippen LogP contribution in [0, 0.1) is 6.92 Å². The fourth-order valence-corrected chi connectivity index (χ4v) is 2.85. The van der Waals surface area contributed by atoms with Crippen LogP contribution in [0.5, 0.6) is 0 Å². The Morgan fingerprint density at radius 1 is 1.22 bits per heavy atom. The van der Waals surface area contributed by atoms with E-state index in [1.165, 1.54) is 4.57 Å². The molecule has 1 aromatic carbocycles. The summed E-state index contributed by atoms with van der Waals surface area (Å²) in [5.74, 6) is -0.666. The minimum Gasteiger partial charge on any atom is -0.345 e. The molecule has 122 valence electrons. The number of para-hydroxylation sites is 1. The maximum atomic E-state index is 11.9. The smallest absolute Gasteiger partial charge is 0.307 e. The van der Waals surface area contributed by atoms with Gasteiger partial charge in [-0.05, 0) is 25.0 Å². The maximum Gasteiger partial charge on any atom is 0.307 e. The molecule has 6 nitrogen and oxygen atoms in total. The molecular weight excluding hydrogens is 314 g/mol. The van der Waals surface area contributed by atoms with Gasteiger partial charge in [-0.1, -0.05) is 36.5 Å². The number of carbonyl (C=O) groups is 2. The lowest BCUT2D eigenvalue weighted by atomic mass is 10.1. The molecule has 23 heavy (non-hydrogen) atoms. The van der Waals surface area contributed by atoms with Crippen LogP contribution in [-0.4, -0.2) is 22.9 Å². The zero-order valence-electron chi connectivity index (χ0n) is 13.1. The third kappa shape index (κ3) is 4.53. The Morgan fingerprint density at radius 3 is 2.61 bits per heavy atom. The van der Waals surface area contributed by atoms with Gasteiger partial charge in [-0.15, -0.1) is 0 Å². The molecule has 0 spiro atoms. The van der Waals surface area contributed by atoms with E-state index in [1.807, 2.05) is 31.2 Å². The molecule has 0 saturated heterocycles. The van der Waals surface area contributed by atoms with E-state index < -0.39 is 0 Å². The van der Waals surface area contributed by atoms with E-state index >= 15 is 0 Å². The first-order valence-corrected chi connectivity index (χ1v) is 8.18. The highest BCUT2D eigenvalue weighted by Gasteiger charge is 2.10. The van der Waals surface area contributed by atoms with Crippen LogP contribution in [0.2, 0.25) is 0 Å². The van der Waals surface area contributed by atoms with Gasteiger partial charge in [-0.25, -0.2) is 0 Å². The molecule has 2 aromatic rings. The number of amides is 2. The van der Waals surface area contributed by atoms with Crippen LogP contribution >= 0.6 is 11.3 Å². The second kappa shape index (κ2) is 7.73. The lowest BCUT2D eigenvalue weighted by molar-refractivity contribution is -0.124. The summed E-state index contributed by atoms with van der Waals surface area (Å²) in [4.78, 5) is 35.1. The Balaban J connectivity index is 1.87. The van der Waals surface area contributed by atoms with Crippen LogP contribution in [0.3, 0.4) is 0 Å². The Kier molecular flexibility index (Phi) is 5.70. The molecule has 0 aliphatic rings. The van der Waals surface area contributed by atoms with E-state index in [2.05, 4.69) is 10.6 Å². The normalized spacial score (nSPS) is 10.3. The molecule has 0 atom stereocenters. The van der Waals surface area contributed by atoms with Crippen LogP contribution in [0.4, 0.5) is 5.69 Å². The number of aromatic nitrogens is 1. The molecule has 0 radical (unpaired) electrons. The van der Waals surface area contributed by atoms with E-state index in [-0.39, 0.29) is 29.8 Å². The largest absolute Gasteiger partial charge is 0.345 e. The lowest BCUT2D eigenvalue weighted by Crippen LogP contribution is -2.36. The first-order chi connectivity index (χ1) is 11.0. The third-order valence-electron chi connectivity index (χ3n) is 3.40. The number of carbonyl (C=O) groups excluding carboxylic acids is 2. The van der Waals surface area contributed by atoms with Gasteiger partial charge >= 0.3 is 4.87 Å². The van der Waals surface area contributed by atoms with Gasteiger partial charge in [0.25, 0.3) is 0 Å². The van der Waals surface area contributed by atoms with E-state index in [0.717, 1.165) is 34.7 Å². The number of thiazole rings is 1. The van der Waals surface area contributed by atoms with E-state index in [1.54, 1.807) is 12.3 Å². The summed E-state index contributed by atoms with van der Waals surface area (Å²) in [7, 11) is 0. The molecule has 0 bridgehead atoms. The highest BCUT2D eigenvalue weighted by Crippen LogP contribution is 2.14. The zero-order chi connectivity index (χ0) is 16.8. The van der Waals surface area contributed by atoms with Crippen LogP contribution in [0.25, 0.3) is 0 Å². The zero-order valence-corrected chi connectivity index (χ0v) is 13.9. The molecule has 0 fully saturated rings. The van der Waals surface area contributed by atoms with Crippen molar-refractivity contribution in [3.05, 3.63) is 50.6 Å². The van der Waals surface area contributed by atoms with Crippen molar-refractivity contribution in [2.24, 2.45) is 0 Å². The molecule has 0 unspecified atom stereocenters. The summed E-state index contributed by atoms with van der Waals surface area (Å²) in [5.41, 5.74) is 2.52. The summed E-state index contributed by atoms with van der Waals surface area (Å²) >= 11 is 1.05. The predicted molar refractivity (Wildman–Crippen MR) is 90.8 cm³/mol. The van der Waals surface area contributed by atoms with Gasteiger partial charge in [0.1, 0.15) is 6.54 Å². The summed E-state index contributed by atoms with van der Waals surface area (Å²) in [6, 6.07) is 7.53. The number of hydrogen-bond acceptors (Lipinski definition) is 4. The second-order valence-electron chi connectivity index (χ2n) is 5.06. The number of benzene rings is 1. The predicted octanol–water partition coefficient (Wildman–Crippen LogP) is 1.54. The molecule has 0 aliphatic carbocycles. The van der Waals surface area contributed by atoms with Crippen LogP contribution in [-0.2, 0) is 22.6 Å². The number of aryl methyl sites for hydroxylation is 2. The minimum atomic E-state index is -0.368. The van der Waals surface area contributed by atoms with Gasteiger partial charge < -0.3 is 10.6 Å². The summed E-state index contributed by atoms with van der Waals surface area (Å²) in [5, 5.41) is 7.00. The Bertz CT molecular complexity index is 764. The topological polar surface area (TPSA) is 80.2 Å². The van der Waals surface area contributed by atoms with Crippen LogP contribution in [0.15, 0.2) is 34.4 Å². The van der Waals surface area contributed by atoms with Crippen molar-refractivity contribution in [2.75, 3.05) is 11.9 Å². The minimum absolute atomic E-state index is 0.0764. The second-order valence-corrected chi connectivity index (χ2v) is 5.89. The molecule has 0 saturated carbocycles. The molecule has 1 heterocycles. The first-order valence-electron chi connectivity index (χ1n) is 7.30. The maximum absolute atomic E-state index is 11.9. The molecular formula is C16H19N3O3S. The van der Waals surface area contributed by atoms with Crippen molar-refractivity contribution in [3.63, 3.8) is 0 Å². The number of anilines is 1. The number of nitrogens with zero attached hydrogens (tertiary/aromatic N) is 1. The molecule has 0 aliphatic heterocycles. The summed E-state index contributed by atoms with van der Waals surface area (Å²) < 4.78 is 1.38. The van der Waals surface area contributed by atoms with Crippen molar-refractivity contribution in [1.29, 1.82) is 0 Å². The average molecular weight is 333 g/mol. The molecule has 1 aromatic heterocycles. The van der Waals surface area contributed by atoms with Gasteiger partial charge in [0.15, 0.2) is 0 Å². The van der Waals surface area contributed by atoms with E-state index in [9.17, 15) is 14.4 Å². The van der Waals surface area contributed by atoms with Crippen molar-refractivity contribution in [3.8, 4) is 0 Å². The summed E-state index contributed by atoms with van der Waals surface area (Å²) in [6.45, 7) is 3.56. The van der Waals surface area contributed by atoms with Gasteiger partial charge in [0.05, 0.1) is 6.54 Å². The number of nitrogens with one attached hydrogen (secondary N) is 2. The highest BCUT2D eigenvalue weighted by atomic mass is 32.1. The van der Waals surface area contributed by atoms with Gasteiger partial charge in [-0.3, -0.25) is 19.0 Å². The van der Waals surface area contributed by atoms with E-state index in [0.29, 0.717) is 0 Å². The summed E-state index contributed by atoms with van der Waals surface area (Å²) in [6.07, 6.45) is 0.809. The van der Waals surface area contributed by atoms with Crippen molar-refractivity contribution < 1.29 is 9.59 Å². The molecule has 2 rings (SSSR count). The Labute approximate surface area is 138 Å². The van der Waals surface area contributed by atoms with Crippen molar-refractivity contribution in [1.82, 2.24) is 9.88 Å². The number of rotatable bonds is 6.